The number of carbonyl (C=O) groups excluding carboxylic acids is 2. The first-order chi connectivity index (χ1) is 10.8. The van der Waals surface area contributed by atoms with E-state index in [-0.39, 0.29) is 22.9 Å². The van der Waals surface area contributed by atoms with E-state index in [0.717, 1.165) is 0 Å². The molecule has 0 aromatic heterocycles. The van der Waals surface area contributed by atoms with Gasteiger partial charge in [0.2, 0.25) is 18.1 Å². The third-order valence-electron chi connectivity index (χ3n) is 4.89. The molecule has 0 saturated heterocycles. The van der Waals surface area contributed by atoms with Crippen LogP contribution in [0.1, 0.15) is 41.0 Å². The average molecular weight is 353 g/mol. The second-order valence-electron chi connectivity index (χ2n) is 7.84. The van der Waals surface area contributed by atoms with Crippen LogP contribution in [0.2, 0.25) is 18.1 Å². The standard InChI is InChI=1S/C17H27NO5Si/c1-11-8-15(19)16(20)12(2)14(11)9-13(10-18(21)22)23-24(6,7)17(3,4)5/h8,13H,9-10H2,1-7H3. The Labute approximate surface area is 144 Å². The Kier molecular flexibility index (Phi) is 6.05. The summed E-state index contributed by atoms with van der Waals surface area (Å²) in [4.78, 5) is 34.2. The summed E-state index contributed by atoms with van der Waals surface area (Å²) in [6.07, 6.45) is 0.955. The Morgan fingerprint density at radius 2 is 1.79 bits per heavy atom. The molecule has 0 aromatic rings. The molecule has 0 spiro atoms. The van der Waals surface area contributed by atoms with E-state index in [9.17, 15) is 19.7 Å². The third-order valence-corrected chi connectivity index (χ3v) is 9.43. The molecule has 0 saturated carbocycles. The van der Waals surface area contributed by atoms with Crippen LogP contribution in [-0.2, 0) is 14.0 Å². The normalized spacial score (nSPS) is 17.9. The molecule has 0 N–H and O–H groups in total. The highest BCUT2D eigenvalue weighted by molar-refractivity contribution is 6.74. The van der Waals surface area contributed by atoms with Gasteiger partial charge in [-0.15, -0.1) is 0 Å². The number of rotatable bonds is 6. The molecule has 1 aliphatic carbocycles. The number of Topliss-reactive ketones (excluding diaryl/α,β-unsaturated/α-hetero) is 1. The van der Waals surface area contributed by atoms with Crippen molar-refractivity contribution >= 4 is 19.9 Å². The van der Waals surface area contributed by atoms with Crippen molar-refractivity contribution in [1.29, 1.82) is 0 Å². The van der Waals surface area contributed by atoms with Gasteiger partial charge in [-0.25, -0.2) is 0 Å². The van der Waals surface area contributed by atoms with E-state index in [1.807, 2.05) is 13.1 Å². The number of carbonyl (C=O) groups is 2. The summed E-state index contributed by atoms with van der Waals surface area (Å²) >= 11 is 0. The number of nitrogens with zero attached hydrogens (tertiary/aromatic N) is 1. The zero-order chi connectivity index (χ0) is 18.9. The lowest BCUT2D eigenvalue weighted by Crippen LogP contribution is -2.45. The zero-order valence-corrected chi connectivity index (χ0v) is 16.6. The fourth-order valence-corrected chi connectivity index (χ4v) is 3.76. The van der Waals surface area contributed by atoms with Crippen molar-refractivity contribution < 1.29 is 18.9 Å². The van der Waals surface area contributed by atoms with Gasteiger partial charge in [-0.1, -0.05) is 20.8 Å². The number of hydrogen-bond donors (Lipinski definition) is 0. The molecule has 0 amide bonds. The van der Waals surface area contributed by atoms with Crippen molar-refractivity contribution in [3.63, 3.8) is 0 Å². The van der Waals surface area contributed by atoms with Crippen LogP contribution in [0.5, 0.6) is 0 Å². The Hall–Kier alpha value is -1.60. The maximum atomic E-state index is 11.9. The van der Waals surface area contributed by atoms with Gasteiger partial charge in [-0.3, -0.25) is 19.7 Å². The lowest BCUT2D eigenvalue weighted by atomic mass is 9.87. The average Bonchev–Trinajstić information content (AvgIpc) is 2.38. The number of ketones is 2. The molecule has 0 heterocycles. The fraction of sp³-hybridized carbons (Fsp3) is 0.647. The molecule has 0 fully saturated rings. The summed E-state index contributed by atoms with van der Waals surface area (Å²) in [7, 11) is -2.19. The second kappa shape index (κ2) is 7.10. The quantitative estimate of drug-likeness (QED) is 0.240. The van der Waals surface area contributed by atoms with Crippen molar-refractivity contribution in [3.05, 3.63) is 32.9 Å². The van der Waals surface area contributed by atoms with Crippen LogP contribution in [0.25, 0.3) is 0 Å². The third kappa shape index (κ3) is 4.70. The first-order valence-electron chi connectivity index (χ1n) is 8.03. The van der Waals surface area contributed by atoms with Gasteiger partial charge in [0.05, 0.1) is 0 Å². The predicted molar refractivity (Wildman–Crippen MR) is 95.0 cm³/mol. The van der Waals surface area contributed by atoms with Crippen LogP contribution in [0, 0.1) is 10.1 Å². The van der Waals surface area contributed by atoms with Gasteiger partial charge in [-0.2, -0.15) is 0 Å². The summed E-state index contributed by atoms with van der Waals surface area (Å²) in [6, 6.07) is 0. The second-order valence-corrected chi connectivity index (χ2v) is 12.6. The van der Waals surface area contributed by atoms with E-state index in [1.54, 1.807) is 13.8 Å². The van der Waals surface area contributed by atoms with E-state index < -0.39 is 26.0 Å². The first kappa shape index (κ1) is 20.4. The molecule has 1 rings (SSSR count). The molecule has 0 radical (unpaired) electrons. The van der Waals surface area contributed by atoms with Gasteiger partial charge in [0, 0.05) is 16.9 Å². The van der Waals surface area contributed by atoms with Gasteiger partial charge in [0.1, 0.15) is 6.10 Å². The molecule has 7 heteroatoms. The maximum Gasteiger partial charge on any atom is 0.228 e. The summed E-state index contributed by atoms with van der Waals surface area (Å²) < 4.78 is 6.21. The van der Waals surface area contributed by atoms with Gasteiger partial charge in [-0.05, 0) is 49.2 Å². The lowest BCUT2D eigenvalue weighted by molar-refractivity contribution is -0.489. The van der Waals surface area contributed by atoms with Gasteiger partial charge in [0.25, 0.3) is 0 Å². The summed E-state index contributed by atoms with van der Waals surface area (Å²) in [5.41, 5.74) is 1.74. The molecule has 1 aliphatic rings. The number of hydrogen-bond acceptors (Lipinski definition) is 5. The molecule has 6 nitrogen and oxygen atoms in total. The lowest BCUT2D eigenvalue weighted by Gasteiger charge is -2.38. The van der Waals surface area contributed by atoms with E-state index >= 15 is 0 Å². The van der Waals surface area contributed by atoms with Crippen molar-refractivity contribution in [2.45, 2.75) is 65.3 Å². The highest BCUT2D eigenvalue weighted by atomic mass is 28.4. The first-order valence-corrected chi connectivity index (χ1v) is 10.9. The largest absolute Gasteiger partial charge is 0.407 e. The highest BCUT2D eigenvalue weighted by Gasteiger charge is 2.40. The van der Waals surface area contributed by atoms with Crippen molar-refractivity contribution in [1.82, 2.24) is 0 Å². The molecule has 0 bridgehead atoms. The molecule has 24 heavy (non-hydrogen) atoms. The minimum absolute atomic E-state index is 0.0749. The van der Waals surface area contributed by atoms with Crippen LogP contribution < -0.4 is 0 Å². The van der Waals surface area contributed by atoms with Crippen LogP contribution >= 0.6 is 0 Å². The molecule has 134 valence electrons. The van der Waals surface area contributed by atoms with Crippen LogP contribution in [-0.4, -0.2) is 37.5 Å². The van der Waals surface area contributed by atoms with E-state index in [0.29, 0.717) is 16.7 Å². The van der Waals surface area contributed by atoms with E-state index in [4.69, 9.17) is 4.43 Å². The van der Waals surface area contributed by atoms with Crippen LogP contribution in [0.15, 0.2) is 22.8 Å². The Bertz CT molecular complexity index is 625. The van der Waals surface area contributed by atoms with E-state index in [1.165, 1.54) is 6.08 Å². The predicted octanol–water partition coefficient (Wildman–Crippen LogP) is 3.46. The Balaban J connectivity index is 3.11. The molecular formula is C17H27NO5Si. The van der Waals surface area contributed by atoms with Crippen molar-refractivity contribution in [2.24, 2.45) is 0 Å². The van der Waals surface area contributed by atoms with E-state index in [2.05, 4.69) is 20.8 Å². The van der Waals surface area contributed by atoms with Crippen LogP contribution in [0.4, 0.5) is 0 Å². The number of nitro groups is 1. The smallest absolute Gasteiger partial charge is 0.228 e. The highest BCUT2D eigenvalue weighted by Crippen LogP contribution is 2.38. The van der Waals surface area contributed by atoms with Crippen molar-refractivity contribution in [2.75, 3.05) is 6.54 Å². The molecule has 0 aliphatic heterocycles. The van der Waals surface area contributed by atoms with Crippen LogP contribution in [0.3, 0.4) is 0 Å². The SMILES string of the molecule is CC1=CC(=O)C(=O)C(C)=C1CC(C[N+](=O)[O-])O[Si](C)(C)C(C)(C)C. The summed E-state index contributed by atoms with van der Waals surface area (Å²) in [5.74, 6) is -1.08. The topological polar surface area (TPSA) is 86.5 Å². The molecular weight excluding hydrogens is 326 g/mol. The monoisotopic (exact) mass is 353 g/mol. The minimum Gasteiger partial charge on any atom is -0.407 e. The molecule has 1 atom stereocenters. The van der Waals surface area contributed by atoms with Gasteiger partial charge >= 0.3 is 0 Å². The molecule has 0 aromatic carbocycles. The minimum atomic E-state index is -2.19. The Morgan fingerprint density at radius 1 is 1.25 bits per heavy atom. The number of allylic oxidation sites excluding steroid dienone is 3. The van der Waals surface area contributed by atoms with Gasteiger partial charge in [0.15, 0.2) is 8.32 Å². The molecule has 1 unspecified atom stereocenters. The Morgan fingerprint density at radius 3 is 2.25 bits per heavy atom. The van der Waals surface area contributed by atoms with Crippen molar-refractivity contribution in [3.8, 4) is 0 Å². The zero-order valence-electron chi connectivity index (χ0n) is 15.6. The fourth-order valence-electron chi connectivity index (χ4n) is 2.41. The van der Waals surface area contributed by atoms with Gasteiger partial charge < -0.3 is 4.43 Å². The maximum absolute atomic E-state index is 11.9. The summed E-state index contributed by atoms with van der Waals surface area (Å²) in [5, 5.41) is 11.0. The summed E-state index contributed by atoms with van der Waals surface area (Å²) in [6.45, 7) is 13.3.